The zero-order chi connectivity index (χ0) is 14.7. The SMILES string of the molecule is COC(=O)C1CCN(c2ccc(C(C)=O)cc2Br)CC1. The summed E-state index contributed by atoms with van der Waals surface area (Å²) < 4.78 is 5.71. The van der Waals surface area contributed by atoms with Crippen molar-refractivity contribution >= 4 is 33.4 Å². The van der Waals surface area contributed by atoms with Gasteiger partial charge in [-0.1, -0.05) is 0 Å². The highest BCUT2D eigenvalue weighted by Crippen LogP contribution is 2.31. The number of nitrogens with zero attached hydrogens (tertiary/aromatic N) is 1. The summed E-state index contributed by atoms with van der Waals surface area (Å²) in [5, 5.41) is 0. The molecule has 108 valence electrons. The van der Waals surface area contributed by atoms with Gasteiger partial charge in [0.05, 0.1) is 18.7 Å². The van der Waals surface area contributed by atoms with Crippen LogP contribution in [0.4, 0.5) is 5.69 Å². The lowest BCUT2D eigenvalue weighted by molar-refractivity contribution is -0.146. The van der Waals surface area contributed by atoms with Gasteiger partial charge in [-0.3, -0.25) is 9.59 Å². The number of ether oxygens (including phenoxy) is 1. The number of rotatable bonds is 3. The van der Waals surface area contributed by atoms with Crippen LogP contribution in [0, 0.1) is 5.92 Å². The maximum Gasteiger partial charge on any atom is 0.308 e. The predicted octanol–water partition coefficient (Wildman–Crippen LogP) is 3.04. The number of piperidine rings is 1. The van der Waals surface area contributed by atoms with E-state index in [4.69, 9.17) is 4.74 Å². The second-order valence-corrected chi connectivity index (χ2v) is 5.86. The van der Waals surface area contributed by atoms with E-state index in [0.717, 1.165) is 36.1 Å². The average molecular weight is 340 g/mol. The summed E-state index contributed by atoms with van der Waals surface area (Å²) in [5.41, 5.74) is 1.77. The van der Waals surface area contributed by atoms with Gasteiger partial charge in [0.2, 0.25) is 0 Å². The summed E-state index contributed by atoms with van der Waals surface area (Å²) in [6.45, 7) is 3.19. The molecule has 0 bridgehead atoms. The number of halogens is 1. The lowest BCUT2D eigenvalue weighted by Crippen LogP contribution is -2.36. The molecule has 2 rings (SSSR count). The Morgan fingerprint density at radius 3 is 2.45 bits per heavy atom. The first-order chi connectivity index (χ1) is 9.52. The number of methoxy groups -OCH3 is 1. The van der Waals surface area contributed by atoms with Gasteiger partial charge in [-0.2, -0.15) is 0 Å². The molecule has 0 radical (unpaired) electrons. The number of hydrogen-bond acceptors (Lipinski definition) is 4. The van der Waals surface area contributed by atoms with Gasteiger partial charge < -0.3 is 9.64 Å². The van der Waals surface area contributed by atoms with E-state index in [1.807, 2.05) is 18.2 Å². The smallest absolute Gasteiger partial charge is 0.308 e. The Kier molecular flexibility index (Phi) is 4.81. The lowest BCUT2D eigenvalue weighted by Gasteiger charge is -2.33. The molecular formula is C15H18BrNO3. The van der Waals surface area contributed by atoms with Crippen molar-refractivity contribution in [2.24, 2.45) is 5.92 Å². The fraction of sp³-hybridized carbons (Fsp3) is 0.467. The number of ketones is 1. The molecule has 0 unspecified atom stereocenters. The Balaban J connectivity index is 2.07. The standard InChI is InChI=1S/C15H18BrNO3/c1-10(18)12-3-4-14(13(16)9-12)17-7-5-11(6-8-17)15(19)20-2/h3-4,9,11H,5-8H2,1-2H3. The maximum atomic E-state index is 11.5. The first-order valence-electron chi connectivity index (χ1n) is 6.66. The third-order valence-electron chi connectivity index (χ3n) is 3.72. The van der Waals surface area contributed by atoms with Crippen LogP contribution >= 0.6 is 15.9 Å². The number of carbonyl (C=O) groups is 2. The van der Waals surface area contributed by atoms with Gasteiger partial charge in [0.1, 0.15) is 0 Å². The van der Waals surface area contributed by atoms with E-state index in [1.165, 1.54) is 7.11 Å². The van der Waals surface area contributed by atoms with E-state index in [9.17, 15) is 9.59 Å². The number of anilines is 1. The number of Topliss-reactive ketones (excluding diaryl/α,β-unsaturated/α-hetero) is 1. The van der Waals surface area contributed by atoms with E-state index in [0.29, 0.717) is 5.56 Å². The Labute approximate surface area is 127 Å². The number of benzene rings is 1. The molecule has 1 aromatic rings. The molecule has 5 heteroatoms. The summed E-state index contributed by atoms with van der Waals surface area (Å²) in [6, 6.07) is 5.65. The molecule has 0 spiro atoms. The minimum Gasteiger partial charge on any atom is -0.469 e. The van der Waals surface area contributed by atoms with Gasteiger partial charge in [0.25, 0.3) is 0 Å². The number of carbonyl (C=O) groups excluding carboxylic acids is 2. The van der Waals surface area contributed by atoms with Crippen molar-refractivity contribution in [3.63, 3.8) is 0 Å². The molecule has 1 aliphatic rings. The van der Waals surface area contributed by atoms with Crippen LogP contribution in [-0.2, 0) is 9.53 Å². The van der Waals surface area contributed by atoms with Gasteiger partial charge in [0.15, 0.2) is 5.78 Å². The molecule has 20 heavy (non-hydrogen) atoms. The van der Waals surface area contributed by atoms with Gasteiger partial charge >= 0.3 is 5.97 Å². The van der Waals surface area contributed by atoms with Crippen LogP contribution in [0.1, 0.15) is 30.1 Å². The van der Waals surface area contributed by atoms with Crippen molar-refractivity contribution in [1.29, 1.82) is 0 Å². The molecular weight excluding hydrogens is 322 g/mol. The fourth-order valence-corrected chi connectivity index (χ4v) is 3.13. The summed E-state index contributed by atoms with van der Waals surface area (Å²) >= 11 is 3.52. The summed E-state index contributed by atoms with van der Waals surface area (Å²) in [6.07, 6.45) is 1.60. The van der Waals surface area contributed by atoms with Crippen LogP contribution in [0.3, 0.4) is 0 Å². The largest absolute Gasteiger partial charge is 0.469 e. The number of esters is 1. The quantitative estimate of drug-likeness (QED) is 0.627. The topological polar surface area (TPSA) is 46.6 Å². The average Bonchev–Trinajstić information content (AvgIpc) is 2.46. The Morgan fingerprint density at radius 1 is 1.30 bits per heavy atom. The first-order valence-corrected chi connectivity index (χ1v) is 7.45. The van der Waals surface area contributed by atoms with E-state index in [2.05, 4.69) is 20.8 Å². The molecule has 4 nitrogen and oxygen atoms in total. The monoisotopic (exact) mass is 339 g/mol. The van der Waals surface area contributed by atoms with E-state index >= 15 is 0 Å². The van der Waals surface area contributed by atoms with E-state index in [-0.39, 0.29) is 17.7 Å². The molecule has 1 saturated heterocycles. The molecule has 0 saturated carbocycles. The van der Waals surface area contributed by atoms with Gasteiger partial charge in [0, 0.05) is 23.1 Å². The second kappa shape index (κ2) is 6.39. The maximum absolute atomic E-state index is 11.5. The molecule has 0 atom stereocenters. The van der Waals surface area contributed by atoms with Gasteiger partial charge in [-0.15, -0.1) is 0 Å². The fourth-order valence-electron chi connectivity index (χ4n) is 2.51. The van der Waals surface area contributed by atoms with Crippen LogP contribution in [0.15, 0.2) is 22.7 Å². The summed E-state index contributed by atoms with van der Waals surface area (Å²) in [5.74, 6) is -0.0520. The highest BCUT2D eigenvalue weighted by molar-refractivity contribution is 9.10. The zero-order valence-corrected chi connectivity index (χ0v) is 13.3. The predicted molar refractivity (Wildman–Crippen MR) is 81.1 cm³/mol. The highest BCUT2D eigenvalue weighted by Gasteiger charge is 2.26. The van der Waals surface area contributed by atoms with Crippen molar-refractivity contribution < 1.29 is 14.3 Å². The lowest BCUT2D eigenvalue weighted by atomic mass is 9.96. The molecule has 0 aromatic heterocycles. The third kappa shape index (κ3) is 3.20. The summed E-state index contributed by atoms with van der Waals surface area (Å²) in [4.78, 5) is 25.1. The molecule has 0 amide bonds. The molecule has 1 aromatic carbocycles. The van der Waals surface area contributed by atoms with Crippen molar-refractivity contribution in [1.82, 2.24) is 0 Å². The third-order valence-corrected chi connectivity index (χ3v) is 4.36. The van der Waals surface area contributed by atoms with Crippen LogP contribution in [0.25, 0.3) is 0 Å². The summed E-state index contributed by atoms with van der Waals surface area (Å²) in [7, 11) is 1.44. The van der Waals surface area contributed by atoms with Gasteiger partial charge in [-0.25, -0.2) is 0 Å². The van der Waals surface area contributed by atoms with Crippen LogP contribution < -0.4 is 4.90 Å². The molecule has 1 fully saturated rings. The van der Waals surface area contributed by atoms with Crippen molar-refractivity contribution in [2.45, 2.75) is 19.8 Å². The minimum atomic E-state index is -0.115. The second-order valence-electron chi connectivity index (χ2n) is 5.01. The number of hydrogen-bond donors (Lipinski definition) is 0. The zero-order valence-electron chi connectivity index (χ0n) is 11.7. The Morgan fingerprint density at radius 2 is 1.95 bits per heavy atom. The minimum absolute atomic E-state index is 0.00604. The van der Waals surface area contributed by atoms with Crippen LogP contribution in [-0.4, -0.2) is 32.0 Å². The molecule has 0 aliphatic carbocycles. The van der Waals surface area contributed by atoms with Crippen LogP contribution in [0.5, 0.6) is 0 Å². The highest BCUT2D eigenvalue weighted by atomic mass is 79.9. The van der Waals surface area contributed by atoms with Gasteiger partial charge in [-0.05, 0) is 53.9 Å². The first kappa shape index (κ1) is 15.0. The Hall–Kier alpha value is -1.36. The van der Waals surface area contributed by atoms with E-state index in [1.54, 1.807) is 6.92 Å². The van der Waals surface area contributed by atoms with Crippen LogP contribution in [0.2, 0.25) is 0 Å². The van der Waals surface area contributed by atoms with Crippen molar-refractivity contribution in [3.05, 3.63) is 28.2 Å². The molecule has 1 aliphatic heterocycles. The Bertz CT molecular complexity index is 522. The normalized spacial score (nSPS) is 16.1. The van der Waals surface area contributed by atoms with E-state index < -0.39 is 0 Å². The molecule has 1 heterocycles. The van der Waals surface area contributed by atoms with Crippen molar-refractivity contribution in [3.8, 4) is 0 Å². The molecule has 0 N–H and O–H groups in total. The van der Waals surface area contributed by atoms with Crippen molar-refractivity contribution in [2.75, 3.05) is 25.1 Å².